The van der Waals surface area contributed by atoms with Crippen LogP contribution in [0.5, 0.6) is 0 Å². The highest BCUT2D eigenvalue weighted by Crippen LogP contribution is 2.30. The van der Waals surface area contributed by atoms with Crippen molar-refractivity contribution in [1.82, 2.24) is 0 Å². The Morgan fingerprint density at radius 3 is 1.71 bits per heavy atom. The number of aliphatic hydroxyl groups excluding tert-OH is 1. The summed E-state index contributed by atoms with van der Waals surface area (Å²) >= 11 is 0. The molecule has 2 heteroatoms. The van der Waals surface area contributed by atoms with Gasteiger partial charge in [0.1, 0.15) is 5.67 Å². The van der Waals surface area contributed by atoms with Gasteiger partial charge in [-0.2, -0.15) is 0 Å². The number of alkyl halides is 1. The molecule has 1 aromatic carbocycles. The summed E-state index contributed by atoms with van der Waals surface area (Å²) in [6, 6.07) is 5.70. The molecule has 0 aliphatic carbocycles. The Kier molecular flexibility index (Phi) is 9.47. The summed E-state index contributed by atoms with van der Waals surface area (Å²) in [4.78, 5) is 0. The monoisotopic (exact) mass is 296 g/mol. The van der Waals surface area contributed by atoms with Crippen molar-refractivity contribution < 1.29 is 9.50 Å². The van der Waals surface area contributed by atoms with Crippen molar-refractivity contribution in [2.24, 2.45) is 5.41 Å². The van der Waals surface area contributed by atoms with E-state index in [-0.39, 0.29) is 0 Å². The summed E-state index contributed by atoms with van der Waals surface area (Å²) in [5.74, 6) is 0. The van der Waals surface area contributed by atoms with Gasteiger partial charge in [-0.3, -0.25) is 0 Å². The van der Waals surface area contributed by atoms with Crippen LogP contribution in [0, 0.1) is 12.3 Å². The third-order valence-electron chi connectivity index (χ3n) is 2.43. The molecule has 1 N–H and O–H groups in total. The lowest BCUT2D eigenvalue weighted by molar-refractivity contribution is 0.220. The van der Waals surface area contributed by atoms with Gasteiger partial charge in [-0.15, -0.1) is 0 Å². The first-order chi connectivity index (χ1) is 9.34. The third kappa shape index (κ3) is 10.3. The molecule has 0 radical (unpaired) electrons. The van der Waals surface area contributed by atoms with Gasteiger partial charge < -0.3 is 5.11 Å². The summed E-state index contributed by atoms with van der Waals surface area (Å²) in [5, 5.41) is 7.00. The Balaban J connectivity index is 0. The minimum Gasteiger partial charge on any atom is -0.400 e. The van der Waals surface area contributed by atoms with Gasteiger partial charge in [0.25, 0.3) is 0 Å². The lowest BCUT2D eigenvalue weighted by Gasteiger charge is -2.19. The van der Waals surface area contributed by atoms with Gasteiger partial charge in [-0.1, -0.05) is 58.0 Å². The van der Waals surface area contributed by atoms with Crippen LogP contribution in [0.3, 0.4) is 0 Å². The predicted octanol–water partition coefficient (Wildman–Crippen LogP) is 5.89. The van der Waals surface area contributed by atoms with Crippen molar-refractivity contribution in [2.75, 3.05) is 7.11 Å². The van der Waals surface area contributed by atoms with E-state index in [0.29, 0.717) is 5.41 Å². The summed E-state index contributed by atoms with van der Waals surface area (Å²) in [6.45, 7) is 19.7. The highest BCUT2D eigenvalue weighted by atomic mass is 19.1. The van der Waals surface area contributed by atoms with Crippen LogP contribution in [0.1, 0.15) is 65.2 Å². The fourth-order valence-corrected chi connectivity index (χ4v) is 1.74. The van der Waals surface area contributed by atoms with E-state index in [0.717, 1.165) is 29.4 Å². The second-order valence-corrected chi connectivity index (χ2v) is 7.23. The van der Waals surface area contributed by atoms with Crippen LogP contribution in [-0.4, -0.2) is 12.2 Å². The normalized spacial score (nSPS) is 10.8. The molecule has 0 fully saturated rings. The number of hydrogen-bond donors (Lipinski definition) is 1. The standard InChI is InChI=1S/C13H17F.C5H12.CH4O/c1-9(2)11-7-6-8-12(10(11)3)13(4,5)14;1-5(2,3)4;1-2/h6-8H,1H2,2-5H3;1-4H3;2H,1H3. The van der Waals surface area contributed by atoms with Crippen LogP contribution in [-0.2, 0) is 5.67 Å². The third-order valence-corrected chi connectivity index (χ3v) is 2.43. The molecule has 0 spiro atoms. The smallest absolute Gasteiger partial charge is 0.130 e. The molecule has 0 aromatic heterocycles. The van der Waals surface area contributed by atoms with Crippen molar-refractivity contribution in [3.8, 4) is 0 Å². The van der Waals surface area contributed by atoms with Gasteiger partial charge in [0.15, 0.2) is 0 Å². The first kappa shape index (κ1) is 22.1. The lowest BCUT2D eigenvalue weighted by Crippen LogP contribution is -2.11. The maximum Gasteiger partial charge on any atom is 0.130 e. The molecule has 0 atom stereocenters. The van der Waals surface area contributed by atoms with E-state index in [4.69, 9.17) is 5.11 Å². The predicted molar refractivity (Wildman–Crippen MR) is 93.3 cm³/mol. The zero-order chi connectivity index (χ0) is 17.4. The Hall–Kier alpha value is -1.15. The minimum absolute atomic E-state index is 0.500. The molecule has 0 saturated heterocycles. The highest BCUT2D eigenvalue weighted by Gasteiger charge is 2.21. The van der Waals surface area contributed by atoms with Crippen molar-refractivity contribution in [3.05, 3.63) is 41.5 Å². The topological polar surface area (TPSA) is 20.2 Å². The van der Waals surface area contributed by atoms with Crippen LogP contribution in [0.2, 0.25) is 0 Å². The van der Waals surface area contributed by atoms with E-state index in [2.05, 4.69) is 34.3 Å². The van der Waals surface area contributed by atoms with Crippen molar-refractivity contribution in [2.45, 2.75) is 61.1 Å². The molecule has 0 aliphatic heterocycles. The Labute approximate surface area is 130 Å². The van der Waals surface area contributed by atoms with E-state index >= 15 is 0 Å². The summed E-state index contributed by atoms with van der Waals surface area (Å²) in [5.41, 5.74) is 2.99. The number of rotatable bonds is 2. The molecule has 0 aliphatic rings. The van der Waals surface area contributed by atoms with E-state index in [1.807, 2.05) is 32.0 Å². The summed E-state index contributed by atoms with van der Waals surface area (Å²) in [6.07, 6.45) is 0. The van der Waals surface area contributed by atoms with E-state index < -0.39 is 5.67 Å². The minimum atomic E-state index is -1.28. The van der Waals surface area contributed by atoms with E-state index in [1.54, 1.807) is 13.8 Å². The number of benzene rings is 1. The maximum absolute atomic E-state index is 13.8. The number of allylic oxidation sites excluding steroid dienone is 1. The molecular formula is C19H33FO. The van der Waals surface area contributed by atoms with Crippen LogP contribution < -0.4 is 0 Å². The van der Waals surface area contributed by atoms with E-state index in [1.165, 1.54) is 0 Å². The maximum atomic E-state index is 13.8. The molecular weight excluding hydrogens is 263 g/mol. The molecule has 1 aromatic rings. The van der Waals surface area contributed by atoms with Crippen molar-refractivity contribution in [3.63, 3.8) is 0 Å². The second-order valence-electron chi connectivity index (χ2n) is 7.23. The van der Waals surface area contributed by atoms with Gasteiger partial charge in [-0.25, -0.2) is 4.39 Å². The molecule has 21 heavy (non-hydrogen) atoms. The first-order valence-corrected chi connectivity index (χ1v) is 7.23. The van der Waals surface area contributed by atoms with Gasteiger partial charge in [-0.05, 0) is 49.8 Å². The largest absolute Gasteiger partial charge is 0.400 e. The van der Waals surface area contributed by atoms with Gasteiger partial charge >= 0.3 is 0 Å². The van der Waals surface area contributed by atoms with Crippen LogP contribution >= 0.6 is 0 Å². The van der Waals surface area contributed by atoms with Crippen LogP contribution in [0.15, 0.2) is 24.8 Å². The number of halogens is 1. The van der Waals surface area contributed by atoms with E-state index in [9.17, 15) is 4.39 Å². The molecule has 0 heterocycles. The Morgan fingerprint density at radius 2 is 1.43 bits per heavy atom. The molecule has 0 bridgehead atoms. The van der Waals surface area contributed by atoms with Gasteiger partial charge in [0.05, 0.1) is 0 Å². The quantitative estimate of drug-likeness (QED) is 0.721. The van der Waals surface area contributed by atoms with Crippen LogP contribution in [0.25, 0.3) is 5.57 Å². The molecule has 0 amide bonds. The number of aliphatic hydroxyl groups is 1. The average molecular weight is 296 g/mol. The highest BCUT2D eigenvalue weighted by molar-refractivity contribution is 5.65. The molecule has 1 nitrogen and oxygen atoms in total. The van der Waals surface area contributed by atoms with Crippen molar-refractivity contribution >= 4 is 5.57 Å². The zero-order valence-corrected chi connectivity index (χ0v) is 15.3. The molecule has 1 rings (SSSR count). The summed E-state index contributed by atoms with van der Waals surface area (Å²) in [7, 11) is 1.00. The lowest BCUT2D eigenvalue weighted by atomic mass is 9.90. The SMILES string of the molecule is C=C(C)c1cccc(C(C)(C)F)c1C.CC(C)(C)C.CO. The first-order valence-electron chi connectivity index (χ1n) is 7.23. The fraction of sp³-hybridized carbons (Fsp3) is 0.579. The van der Waals surface area contributed by atoms with Crippen molar-refractivity contribution in [1.29, 1.82) is 0 Å². The average Bonchev–Trinajstić information content (AvgIpc) is 2.27. The Morgan fingerprint density at radius 1 is 1.05 bits per heavy atom. The number of hydrogen-bond acceptors (Lipinski definition) is 1. The Bertz CT molecular complexity index is 428. The molecule has 122 valence electrons. The van der Waals surface area contributed by atoms with Gasteiger partial charge in [0.2, 0.25) is 0 Å². The molecule has 0 saturated carbocycles. The molecule has 0 unspecified atom stereocenters. The zero-order valence-electron chi connectivity index (χ0n) is 15.3. The van der Waals surface area contributed by atoms with Gasteiger partial charge in [0, 0.05) is 7.11 Å². The summed E-state index contributed by atoms with van der Waals surface area (Å²) < 4.78 is 13.8. The fourth-order valence-electron chi connectivity index (χ4n) is 1.74. The van der Waals surface area contributed by atoms with Crippen LogP contribution in [0.4, 0.5) is 4.39 Å². The second kappa shape index (κ2) is 8.99.